The van der Waals surface area contributed by atoms with Crippen molar-refractivity contribution in [3.05, 3.63) is 117 Å². The smallest absolute Gasteiger partial charge is 0.260 e. The number of thiazole rings is 1. The number of phenolic OH excluding ortho intramolecular Hbond substituents is 1. The molecule has 0 bridgehead atoms. The number of methoxy groups -OCH3 is 1. The third-order valence-electron chi connectivity index (χ3n) is 8.35. The lowest BCUT2D eigenvalue weighted by molar-refractivity contribution is 0.362. The summed E-state index contributed by atoms with van der Waals surface area (Å²) >= 11 is 4.78. The number of aliphatic hydroxyl groups excluding tert-OH is 2. The van der Waals surface area contributed by atoms with Crippen LogP contribution in [0.25, 0.3) is 34.4 Å². The molecule has 4 aliphatic rings. The highest BCUT2D eigenvalue weighted by Crippen LogP contribution is 2.56. The summed E-state index contributed by atoms with van der Waals surface area (Å²) in [5.74, 6) is -2.58. The van der Waals surface area contributed by atoms with Gasteiger partial charge in [0.15, 0.2) is 16.3 Å². The van der Waals surface area contributed by atoms with Crippen LogP contribution in [0, 0.1) is 10.4 Å². The summed E-state index contributed by atoms with van der Waals surface area (Å²) in [7, 11) is 1.12. The number of rotatable bonds is 3. The maximum absolute atomic E-state index is 13.7. The zero-order chi connectivity index (χ0) is 31.4. The van der Waals surface area contributed by atoms with Crippen LogP contribution in [-0.4, -0.2) is 32.4 Å². The summed E-state index contributed by atoms with van der Waals surface area (Å²) in [5, 5.41) is 34.3. The topological polar surface area (TPSA) is 210 Å². The van der Waals surface area contributed by atoms with Gasteiger partial charge in [0.1, 0.15) is 22.7 Å². The van der Waals surface area contributed by atoms with E-state index in [2.05, 4.69) is 25.9 Å². The van der Waals surface area contributed by atoms with E-state index in [1.165, 1.54) is 11.3 Å². The Morgan fingerprint density at radius 1 is 1.00 bits per heavy atom. The van der Waals surface area contributed by atoms with Crippen molar-refractivity contribution in [3.8, 4) is 11.5 Å². The van der Waals surface area contributed by atoms with Gasteiger partial charge in [0.05, 0.1) is 39.1 Å². The molecule has 0 amide bonds. The van der Waals surface area contributed by atoms with Gasteiger partial charge in [-0.1, -0.05) is 0 Å². The number of pyridine rings is 1. The van der Waals surface area contributed by atoms with Crippen LogP contribution in [0.3, 0.4) is 0 Å². The number of H-pyrrole nitrogens is 1. The first kappa shape index (κ1) is 27.7. The van der Waals surface area contributed by atoms with Gasteiger partial charge in [0.2, 0.25) is 16.3 Å². The number of aromatic hydroxyl groups is 1. The van der Waals surface area contributed by atoms with Crippen molar-refractivity contribution in [1.82, 2.24) is 9.97 Å². The van der Waals surface area contributed by atoms with Gasteiger partial charge in [-0.05, 0) is 52.6 Å². The molecular weight excluding hydrogens is 658 g/mol. The maximum Gasteiger partial charge on any atom is 0.260 e. The molecule has 0 fully saturated rings. The van der Waals surface area contributed by atoms with Gasteiger partial charge in [-0.25, -0.2) is 4.98 Å². The van der Waals surface area contributed by atoms with Crippen molar-refractivity contribution in [1.29, 1.82) is 0 Å². The van der Waals surface area contributed by atoms with Gasteiger partial charge in [0, 0.05) is 32.6 Å². The molecule has 0 saturated heterocycles. The normalized spacial score (nSPS) is 17.4. The number of aromatic nitrogens is 2. The van der Waals surface area contributed by atoms with Crippen LogP contribution in [0.5, 0.6) is 11.5 Å². The SMILES string of the molecule is COc1cc(=O)c2c(=O)c3c(c(=O)c=2c1=O)=C(O)[C@]1(CCc2c1c(O)c1c(=O)[nH]c(/C=C/c4csc(N)n4)cc1c2Br)C=3O. The lowest BCUT2D eigenvalue weighted by Crippen LogP contribution is -2.51. The highest BCUT2D eigenvalue weighted by molar-refractivity contribution is 9.10. The van der Waals surface area contributed by atoms with E-state index < -0.39 is 76.6 Å². The molecule has 220 valence electrons. The first-order valence-electron chi connectivity index (χ1n) is 13.0. The fraction of sp³-hybridized carbons (Fsp3) is 0.133. The molecule has 1 spiro atoms. The number of nitrogens with one attached hydrogen (secondary N) is 1. The molecule has 6 N–H and O–H groups in total. The predicted molar refractivity (Wildman–Crippen MR) is 166 cm³/mol. The minimum Gasteiger partial charge on any atom is -0.510 e. The van der Waals surface area contributed by atoms with E-state index in [0.717, 1.165) is 13.2 Å². The molecule has 2 heterocycles. The number of aromatic amines is 1. The van der Waals surface area contributed by atoms with E-state index in [-0.39, 0.29) is 23.8 Å². The van der Waals surface area contributed by atoms with Crippen LogP contribution in [0.4, 0.5) is 5.13 Å². The summed E-state index contributed by atoms with van der Waals surface area (Å²) in [6, 6.07) is 2.40. The Bertz CT molecular complexity index is 2670. The van der Waals surface area contributed by atoms with E-state index >= 15 is 0 Å². The number of ether oxygens (including phenoxy) is 1. The number of phenols is 1. The van der Waals surface area contributed by atoms with Crippen molar-refractivity contribution in [2.24, 2.45) is 0 Å². The molecule has 7 rings (SSSR count). The monoisotopic (exact) mass is 675 g/mol. The van der Waals surface area contributed by atoms with Crippen molar-refractivity contribution in [2.45, 2.75) is 18.3 Å². The fourth-order valence-corrected chi connectivity index (χ4v) is 7.69. The Balaban J connectivity index is 1.55. The summed E-state index contributed by atoms with van der Waals surface area (Å²) in [6.07, 6.45) is 3.28. The third-order valence-corrected chi connectivity index (χ3v) is 9.95. The van der Waals surface area contributed by atoms with Gasteiger partial charge in [-0.15, -0.1) is 11.3 Å². The number of aliphatic hydroxyl groups is 2. The molecule has 4 aliphatic carbocycles. The van der Waals surface area contributed by atoms with E-state index in [1.807, 2.05) is 0 Å². The lowest BCUT2D eigenvalue weighted by atomic mass is 9.78. The van der Waals surface area contributed by atoms with Crippen molar-refractivity contribution < 1.29 is 20.1 Å². The lowest BCUT2D eigenvalue weighted by Gasteiger charge is -2.27. The quantitative estimate of drug-likeness (QED) is 0.178. The van der Waals surface area contributed by atoms with E-state index in [1.54, 1.807) is 23.6 Å². The molecule has 0 radical (unpaired) electrons. The van der Waals surface area contributed by atoms with Gasteiger partial charge >= 0.3 is 0 Å². The zero-order valence-corrected chi connectivity index (χ0v) is 24.8. The molecule has 0 aliphatic heterocycles. The standard InChI is InChI=1S/C30H18BrN3O9S/c1-43-14-7-13(35)16-17(22(14)36)24(38)19-18(23(16)37)26(40)30(27(19)41)5-4-11-20(30)25(39)15-12(21(11)31)6-9(33-28(15)42)2-3-10-8-44-29(32)34-10/h2-3,6-8,39-41H,4-5H2,1H3,(H2,32,34)(H,33,42)/b3-2+/t30-/m0/s1. The van der Waals surface area contributed by atoms with Crippen molar-refractivity contribution in [3.63, 3.8) is 0 Å². The number of hydrogen-bond acceptors (Lipinski definition) is 12. The summed E-state index contributed by atoms with van der Waals surface area (Å²) in [4.78, 5) is 73.2. The molecular formula is C30H18BrN3O9S. The number of hydrogen-bond donors (Lipinski definition) is 5. The van der Waals surface area contributed by atoms with Crippen molar-refractivity contribution in [2.75, 3.05) is 12.8 Å². The third kappa shape index (κ3) is 3.37. The molecule has 3 aromatic rings. The molecule has 14 heteroatoms. The van der Waals surface area contributed by atoms with E-state index in [0.29, 0.717) is 31.9 Å². The first-order chi connectivity index (χ1) is 20.9. The first-order valence-corrected chi connectivity index (χ1v) is 14.7. The van der Waals surface area contributed by atoms with Gasteiger partial charge in [-0.3, -0.25) is 24.0 Å². The second-order valence-corrected chi connectivity index (χ2v) is 12.2. The molecule has 2 aromatic heterocycles. The summed E-state index contributed by atoms with van der Waals surface area (Å²) in [5.41, 5.74) is 0.0297. The maximum atomic E-state index is 13.7. The minimum atomic E-state index is -2.00. The molecule has 44 heavy (non-hydrogen) atoms. The highest BCUT2D eigenvalue weighted by Gasteiger charge is 2.53. The molecule has 1 atom stereocenters. The van der Waals surface area contributed by atoms with Gasteiger partial charge in [0.25, 0.3) is 5.56 Å². The Morgan fingerprint density at radius 2 is 1.68 bits per heavy atom. The van der Waals surface area contributed by atoms with Crippen LogP contribution in [0.15, 0.2) is 46.0 Å². The Kier molecular flexibility index (Phi) is 5.80. The average molecular weight is 676 g/mol. The predicted octanol–water partition coefficient (Wildman–Crippen LogP) is 0.485. The Hall–Kier alpha value is -5.08. The number of nitrogens with zero attached hydrogens (tertiary/aromatic N) is 1. The van der Waals surface area contributed by atoms with Crippen LogP contribution in [0.1, 0.15) is 28.9 Å². The number of nitrogens with two attached hydrogens (primary N) is 1. The molecule has 12 nitrogen and oxygen atoms in total. The fourth-order valence-electron chi connectivity index (χ4n) is 6.45. The second-order valence-electron chi connectivity index (χ2n) is 10.5. The zero-order valence-electron chi connectivity index (χ0n) is 22.4. The van der Waals surface area contributed by atoms with Gasteiger partial charge in [-0.2, -0.15) is 0 Å². The Morgan fingerprint density at radius 3 is 2.32 bits per heavy atom. The van der Waals surface area contributed by atoms with Crippen molar-refractivity contribution >= 4 is 66.8 Å². The number of halogens is 1. The van der Waals surface area contributed by atoms with Crippen LogP contribution in [-0.2, 0) is 11.8 Å². The molecule has 0 saturated carbocycles. The second kappa shape index (κ2) is 9.21. The number of benzene rings is 1. The number of anilines is 1. The summed E-state index contributed by atoms with van der Waals surface area (Å²) < 4.78 is 5.29. The van der Waals surface area contributed by atoms with E-state index in [4.69, 9.17) is 10.5 Å². The van der Waals surface area contributed by atoms with Crippen LogP contribution in [0.2, 0.25) is 0 Å². The average Bonchev–Trinajstić information content (AvgIpc) is 3.66. The number of nitrogen functional groups attached to an aromatic ring is 1. The minimum absolute atomic E-state index is 0.0834. The number of fused-ring (bicyclic) bond motifs is 4. The molecule has 0 unspecified atom stereocenters. The summed E-state index contributed by atoms with van der Waals surface area (Å²) in [6.45, 7) is 0. The van der Waals surface area contributed by atoms with Crippen LogP contribution >= 0.6 is 27.3 Å². The van der Waals surface area contributed by atoms with E-state index in [9.17, 15) is 39.3 Å². The largest absolute Gasteiger partial charge is 0.510 e. The highest BCUT2D eigenvalue weighted by atomic mass is 79.9. The van der Waals surface area contributed by atoms with Gasteiger partial charge < -0.3 is 30.8 Å². The van der Waals surface area contributed by atoms with Crippen LogP contribution < -0.4 is 48.2 Å². The molecule has 1 aromatic carbocycles. The Labute approximate surface area is 255 Å².